The number of halogens is 1. The van der Waals surface area contributed by atoms with Crippen molar-refractivity contribution in [2.75, 3.05) is 16.8 Å². The zero-order valence-electron chi connectivity index (χ0n) is 9.41. The molecule has 1 atom stereocenters. The lowest BCUT2D eigenvalue weighted by Crippen LogP contribution is -2.26. The van der Waals surface area contributed by atoms with E-state index >= 15 is 0 Å². The number of primary amides is 1. The van der Waals surface area contributed by atoms with Gasteiger partial charge in [-0.15, -0.1) is 0 Å². The molecule has 0 saturated carbocycles. The molecule has 1 aromatic carbocycles. The maximum atomic E-state index is 13.6. The van der Waals surface area contributed by atoms with Crippen LogP contribution in [0.2, 0.25) is 0 Å². The van der Waals surface area contributed by atoms with Crippen molar-refractivity contribution in [3.63, 3.8) is 0 Å². The lowest BCUT2D eigenvalue weighted by atomic mass is 10.1. The summed E-state index contributed by atoms with van der Waals surface area (Å²) < 4.78 is 13.6. The molecule has 0 aromatic heterocycles. The molecule has 92 valence electrons. The molecule has 17 heavy (non-hydrogen) atoms. The van der Waals surface area contributed by atoms with Gasteiger partial charge in [0.1, 0.15) is 5.82 Å². The van der Waals surface area contributed by atoms with Crippen LogP contribution in [0.25, 0.3) is 0 Å². The summed E-state index contributed by atoms with van der Waals surface area (Å²) in [6, 6.07) is 4.43. The molecule has 5 heteroatoms. The molecule has 0 radical (unpaired) electrons. The van der Waals surface area contributed by atoms with Gasteiger partial charge < -0.3 is 11.1 Å². The Morgan fingerprint density at radius 1 is 1.53 bits per heavy atom. The van der Waals surface area contributed by atoms with E-state index in [9.17, 15) is 9.18 Å². The minimum absolute atomic E-state index is 0.270. The van der Waals surface area contributed by atoms with E-state index in [0.717, 1.165) is 18.6 Å². The third-order valence-corrected chi connectivity index (χ3v) is 3.99. The quantitative estimate of drug-likeness (QED) is 0.869. The van der Waals surface area contributed by atoms with Crippen LogP contribution in [0.3, 0.4) is 0 Å². The van der Waals surface area contributed by atoms with Crippen molar-refractivity contribution in [3.8, 4) is 0 Å². The summed E-state index contributed by atoms with van der Waals surface area (Å²) in [7, 11) is 0. The van der Waals surface area contributed by atoms with Gasteiger partial charge >= 0.3 is 0 Å². The van der Waals surface area contributed by atoms with E-state index in [4.69, 9.17) is 5.73 Å². The summed E-state index contributed by atoms with van der Waals surface area (Å²) in [6.07, 6.45) is 2.17. The molecule has 1 unspecified atom stereocenters. The summed E-state index contributed by atoms with van der Waals surface area (Å²) in [6.45, 7) is 0. The van der Waals surface area contributed by atoms with Crippen LogP contribution in [0.15, 0.2) is 18.2 Å². The average molecular weight is 254 g/mol. The number of anilines is 1. The molecular weight excluding hydrogens is 239 g/mol. The van der Waals surface area contributed by atoms with Crippen LogP contribution in [-0.4, -0.2) is 23.5 Å². The van der Waals surface area contributed by atoms with Crippen molar-refractivity contribution < 1.29 is 9.18 Å². The van der Waals surface area contributed by atoms with Crippen LogP contribution < -0.4 is 11.1 Å². The molecule has 1 fully saturated rings. The van der Waals surface area contributed by atoms with Crippen LogP contribution in [-0.2, 0) is 0 Å². The molecule has 3 N–H and O–H groups in total. The highest BCUT2D eigenvalue weighted by atomic mass is 32.2. The predicted molar refractivity (Wildman–Crippen MR) is 68.9 cm³/mol. The SMILES string of the molecule is NC(=O)c1ccc(F)c(NC2CCCSC2)c1. The van der Waals surface area contributed by atoms with Crippen LogP contribution in [0, 0.1) is 5.82 Å². The van der Waals surface area contributed by atoms with Crippen molar-refractivity contribution in [1.82, 2.24) is 0 Å². The molecule has 2 rings (SSSR count). The minimum atomic E-state index is -0.536. The number of nitrogens with one attached hydrogen (secondary N) is 1. The topological polar surface area (TPSA) is 55.1 Å². The number of hydrogen-bond acceptors (Lipinski definition) is 3. The third kappa shape index (κ3) is 3.12. The van der Waals surface area contributed by atoms with Crippen molar-refractivity contribution in [2.24, 2.45) is 5.73 Å². The summed E-state index contributed by atoms with van der Waals surface area (Å²) >= 11 is 1.86. The number of carbonyl (C=O) groups excluding carboxylic acids is 1. The fourth-order valence-corrected chi connectivity index (χ4v) is 2.94. The molecule has 3 nitrogen and oxygen atoms in total. The average Bonchev–Trinajstić information content (AvgIpc) is 2.33. The van der Waals surface area contributed by atoms with Crippen molar-refractivity contribution >= 4 is 23.4 Å². The van der Waals surface area contributed by atoms with Gasteiger partial charge in [-0.05, 0) is 36.8 Å². The summed E-state index contributed by atoms with van der Waals surface area (Å²) in [4.78, 5) is 11.0. The van der Waals surface area contributed by atoms with E-state index in [0.29, 0.717) is 11.3 Å². The Morgan fingerprint density at radius 3 is 3.00 bits per heavy atom. The van der Waals surface area contributed by atoms with E-state index in [1.807, 2.05) is 11.8 Å². The second-order valence-electron chi connectivity index (χ2n) is 4.12. The number of amides is 1. The van der Waals surface area contributed by atoms with E-state index in [1.165, 1.54) is 24.0 Å². The molecule has 1 saturated heterocycles. The number of nitrogens with two attached hydrogens (primary N) is 1. The van der Waals surface area contributed by atoms with Gasteiger partial charge in [0.2, 0.25) is 5.91 Å². The first-order valence-corrected chi connectivity index (χ1v) is 6.76. The largest absolute Gasteiger partial charge is 0.379 e. The van der Waals surface area contributed by atoms with Crippen molar-refractivity contribution in [3.05, 3.63) is 29.6 Å². The van der Waals surface area contributed by atoms with Crippen molar-refractivity contribution in [2.45, 2.75) is 18.9 Å². The first-order valence-electron chi connectivity index (χ1n) is 5.60. The fourth-order valence-electron chi connectivity index (χ4n) is 1.86. The van der Waals surface area contributed by atoms with Gasteiger partial charge in [0, 0.05) is 17.4 Å². The summed E-state index contributed by atoms with van der Waals surface area (Å²) in [5, 5.41) is 3.14. The Balaban J connectivity index is 2.13. The Bertz CT molecular complexity index is 419. The van der Waals surface area contributed by atoms with E-state index in [2.05, 4.69) is 5.32 Å². The van der Waals surface area contributed by atoms with E-state index < -0.39 is 5.91 Å². The summed E-state index contributed by atoms with van der Waals surface area (Å²) in [5.41, 5.74) is 5.87. The second kappa shape index (κ2) is 5.40. The Morgan fingerprint density at radius 2 is 2.35 bits per heavy atom. The van der Waals surface area contributed by atoms with E-state index in [-0.39, 0.29) is 11.9 Å². The normalized spacial score (nSPS) is 19.9. The fraction of sp³-hybridized carbons (Fsp3) is 0.417. The van der Waals surface area contributed by atoms with Gasteiger partial charge in [-0.2, -0.15) is 11.8 Å². The number of rotatable bonds is 3. The van der Waals surface area contributed by atoms with Gasteiger partial charge in [-0.3, -0.25) is 4.79 Å². The highest BCUT2D eigenvalue weighted by Gasteiger charge is 2.15. The van der Waals surface area contributed by atoms with Gasteiger partial charge in [-0.1, -0.05) is 0 Å². The number of thioether (sulfide) groups is 1. The maximum absolute atomic E-state index is 13.6. The van der Waals surface area contributed by atoms with Gasteiger partial charge in [0.05, 0.1) is 5.69 Å². The first kappa shape index (κ1) is 12.2. The highest BCUT2D eigenvalue weighted by molar-refractivity contribution is 7.99. The molecule has 0 bridgehead atoms. The molecule has 0 aliphatic carbocycles. The smallest absolute Gasteiger partial charge is 0.248 e. The second-order valence-corrected chi connectivity index (χ2v) is 5.27. The predicted octanol–water partition coefficient (Wildman–Crippen LogP) is 2.23. The Hall–Kier alpha value is -1.23. The zero-order valence-corrected chi connectivity index (χ0v) is 10.2. The Labute approximate surface area is 104 Å². The molecule has 1 aliphatic heterocycles. The lowest BCUT2D eigenvalue weighted by Gasteiger charge is -2.23. The van der Waals surface area contributed by atoms with Crippen LogP contribution >= 0.6 is 11.8 Å². The molecule has 0 spiro atoms. The number of hydrogen-bond donors (Lipinski definition) is 2. The molecular formula is C12H15FN2OS. The third-order valence-electron chi connectivity index (χ3n) is 2.77. The lowest BCUT2D eigenvalue weighted by molar-refractivity contribution is 0.100. The molecule has 1 heterocycles. The number of benzene rings is 1. The van der Waals surface area contributed by atoms with Crippen LogP contribution in [0.1, 0.15) is 23.2 Å². The molecule has 1 aromatic rings. The maximum Gasteiger partial charge on any atom is 0.248 e. The first-order chi connectivity index (χ1) is 8.16. The minimum Gasteiger partial charge on any atom is -0.379 e. The van der Waals surface area contributed by atoms with Crippen LogP contribution in [0.4, 0.5) is 10.1 Å². The highest BCUT2D eigenvalue weighted by Crippen LogP contribution is 2.23. The van der Waals surface area contributed by atoms with Crippen LogP contribution in [0.5, 0.6) is 0 Å². The van der Waals surface area contributed by atoms with Crippen molar-refractivity contribution in [1.29, 1.82) is 0 Å². The van der Waals surface area contributed by atoms with E-state index in [1.54, 1.807) is 0 Å². The zero-order chi connectivity index (χ0) is 12.3. The molecule has 1 amide bonds. The monoisotopic (exact) mass is 254 g/mol. The standard InChI is InChI=1S/C12H15FN2OS/c13-10-4-3-8(12(14)16)6-11(10)15-9-2-1-5-17-7-9/h3-4,6,9,15H,1-2,5,7H2,(H2,14,16). The summed E-state index contributed by atoms with van der Waals surface area (Å²) in [5.74, 6) is 1.26. The molecule has 1 aliphatic rings. The number of carbonyl (C=O) groups is 1. The van der Waals surface area contributed by atoms with Gasteiger partial charge in [0.15, 0.2) is 0 Å². The van der Waals surface area contributed by atoms with Gasteiger partial charge in [-0.25, -0.2) is 4.39 Å². The van der Waals surface area contributed by atoms with Gasteiger partial charge in [0.25, 0.3) is 0 Å². The Kier molecular flexibility index (Phi) is 3.89.